The first kappa shape index (κ1) is 42.0. The first-order valence-electron chi connectivity index (χ1n) is 19.8. The number of pyridine rings is 2. The van der Waals surface area contributed by atoms with Gasteiger partial charge in [0, 0.05) is 61.4 Å². The monoisotopic (exact) mass is 801 g/mol. The van der Waals surface area contributed by atoms with E-state index in [1.165, 1.54) is 4.68 Å². The summed E-state index contributed by atoms with van der Waals surface area (Å²) in [7, 11) is 0. The van der Waals surface area contributed by atoms with Crippen LogP contribution in [0.25, 0.3) is 33.3 Å². The molecule has 4 heterocycles. The van der Waals surface area contributed by atoms with Crippen molar-refractivity contribution in [3.8, 4) is 22.4 Å². The highest BCUT2D eigenvalue weighted by Crippen LogP contribution is 2.29. The van der Waals surface area contributed by atoms with E-state index in [0.29, 0.717) is 49.4 Å². The summed E-state index contributed by atoms with van der Waals surface area (Å²) in [5, 5.41) is 16.7. The summed E-state index contributed by atoms with van der Waals surface area (Å²) in [5.74, 6) is -1.14. The van der Waals surface area contributed by atoms with E-state index in [2.05, 4.69) is 31.2 Å². The number of nitrogens with zero attached hydrogens (tertiary/aromatic N) is 5. The van der Waals surface area contributed by atoms with Crippen molar-refractivity contribution in [2.24, 2.45) is 5.92 Å². The molecule has 0 bridgehead atoms. The van der Waals surface area contributed by atoms with E-state index in [-0.39, 0.29) is 30.0 Å². The van der Waals surface area contributed by atoms with Gasteiger partial charge in [0.2, 0.25) is 11.8 Å². The van der Waals surface area contributed by atoms with E-state index in [0.717, 1.165) is 33.2 Å². The van der Waals surface area contributed by atoms with Crippen molar-refractivity contribution in [3.05, 3.63) is 107 Å². The fraction of sp³-hybridized carbons (Fsp3) is 0.364. The van der Waals surface area contributed by atoms with Gasteiger partial charge in [-0.2, -0.15) is 5.10 Å². The van der Waals surface area contributed by atoms with Gasteiger partial charge in [-0.25, -0.2) is 14.3 Å². The molecular formula is C44H51N9O6. The van der Waals surface area contributed by atoms with Gasteiger partial charge in [0.15, 0.2) is 0 Å². The number of aromatic nitrogens is 4. The number of carbonyl (C=O) groups is 4. The molecule has 1 aliphatic rings. The van der Waals surface area contributed by atoms with Gasteiger partial charge in [0.05, 0.1) is 16.8 Å². The number of aryl methyl sites for hydroxylation is 1. The van der Waals surface area contributed by atoms with Gasteiger partial charge in [0.25, 0.3) is 5.56 Å². The second-order valence-electron chi connectivity index (χ2n) is 16.0. The Balaban J connectivity index is 1.11. The molecule has 5 amide bonds. The van der Waals surface area contributed by atoms with Gasteiger partial charge < -0.3 is 30.9 Å². The van der Waals surface area contributed by atoms with E-state index < -0.39 is 29.7 Å². The molecule has 0 saturated heterocycles. The standard InChI is InChI=1S/C44H51N9O6/c1-27(2)38(50-43(58)59-44(4,5)6)40(55)48-28(3)39(54)47-19-7-8-22-53-41(56)35(33-11-9-13-36-34(33)12-10-20-46-36)23-37(51-53)29-14-16-32(17-15-29)49-42(57)52-25-30-18-21-45-24-31(30)26-52/h9-18,20-21,23-24,27-28,38H,7-8,19,22,25-26H2,1-6H3,(H,47,54)(H,48,55)(H,49,57)(H,50,58)/t28-,38?/m0/s1. The Labute approximate surface area is 343 Å². The Kier molecular flexibility index (Phi) is 13.0. The van der Waals surface area contributed by atoms with Crippen LogP contribution in [0.1, 0.15) is 65.5 Å². The van der Waals surface area contributed by atoms with Crippen LogP contribution in [0.15, 0.2) is 90.1 Å². The predicted octanol–water partition coefficient (Wildman–Crippen LogP) is 6.02. The molecule has 1 aliphatic heterocycles. The van der Waals surface area contributed by atoms with Gasteiger partial charge >= 0.3 is 12.1 Å². The predicted molar refractivity (Wildman–Crippen MR) is 225 cm³/mol. The highest BCUT2D eigenvalue weighted by Gasteiger charge is 2.29. The molecule has 1 unspecified atom stereocenters. The molecule has 2 atom stereocenters. The second kappa shape index (κ2) is 18.3. The number of hydrogen-bond acceptors (Lipinski definition) is 9. The van der Waals surface area contributed by atoms with E-state index in [1.807, 2.05) is 60.7 Å². The highest BCUT2D eigenvalue weighted by molar-refractivity contribution is 5.95. The minimum absolute atomic E-state index is 0.213. The third kappa shape index (κ3) is 10.7. The number of amides is 5. The van der Waals surface area contributed by atoms with Crippen LogP contribution in [-0.2, 0) is 34.0 Å². The fourth-order valence-electron chi connectivity index (χ4n) is 6.75. The van der Waals surface area contributed by atoms with Crippen LogP contribution < -0.4 is 26.8 Å². The van der Waals surface area contributed by atoms with Crippen LogP contribution in [0.5, 0.6) is 0 Å². The van der Waals surface area contributed by atoms with Crippen LogP contribution in [0.4, 0.5) is 15.3 Å². The number of ether oxygens (including phenoxy) is 1. The van der Waals surface area contributed by atoms with Crippen molar-refractivity contribution in [2.45, 2.75) is 91.7 Å². The van der Waals surface area contributed by atoms with Crippen molar-refractivity contribution in [3.63, 3.8) is 0 Å². The Morgan fingerprint density at radius 1 is 0.847 bits per heavy atom. The van der Waals surface area contributed by atoms with Crippen molar-refractivity contribution < 1.29 is 23.9 Å². The quantitative estimate of drug-likeness (QED) is 0.103. The zero-order chi connectivity index (χ0) is 42.3. The summed E-state index contributed by atoms with van der Waals surface area (Å²) in [6, 6.07) is 18.5. The third-order valence-corrected chi connectivity index (χ3v) is 9.83. The number of carbonyl (C=O) groups excluding carboxylic acids is 4. The molecule has 15 nitrogen and oxygen atoms in total. The summed E-state index contributed by atoms with van der Waals surface area (Å²) in [6.07, 6.45) is 5.55. The van der Waals surface area contributed by atoms with Gasteiger partial charge in [-0.15, -0.1) is 0 Å². The maximum absolute atomic E-state index is 14.1. The van der Waals surface area contributed by atoms with Crippen LogP contribution in [-0.4, -0.2) is 72.8 Å². The largest absolute Gasteiger partial charge is 0.444 e. The fourth-order valence-corrected chi connectivity index (χ4v) is 6.75. The Hall–Kier alpha value is -6.64. The van der Waals surface area contributed by atoms with Crippen molar-refractivity contribution in [1.29, 1.82) is 0 Å². The minimum atomic E-state index is -0.896. The summed E-state index contributed by atoms with van der Waals surface area (Å²) in [6.45, 7) is 11.9. The number of anilines is 1. The lowest BCUT2D eigenvalue weighted by Gasteiger charge is -2.26. The molecule has 0 radical (unpaired) electrons. The molecule has 15 heteroatoms. The van der Waals surface area contributed by atoms with Gasteiger partial charge in [0.1, 0.15) is 17.7 Å². The van der Waals surface area contributed by atoms with E-state index in [9.17, 15) is 24.0 Å². The topological polar surface area (TPSA) is 190 Å². The summed E-state index contributed by atoms with van der Waals surface area (Å²) in [5.41, 5.74) is 5.01. The Bertz CT molecular complexity index is 2360. The highest BCUT2D eigenvalue weighted by atomic mass is 16.6. The smallest absolute Gasteiger partial charge is 0.408 e. The van der Waals surface area contributed by atoms with E-state index >= 15 is 0 Å². The molecule has 308 valence electrons. The lowest BCUT2D eigenvalue weighted by atomic mass is 10.00. The van der Waals surface area contributed by atoms with Crippen molar-refractivity contribution in [1.82, 2.24) is 40.6 Å². The minimum Gasteiger partial charge on any atom is -0.444 e. The first-order valence-corrected chi connectivity index (χ1v) is 19.8. The molecule has 6 rings (SSSR count). The van der Waals surface area contributed by atoms with Crippen LogP contribution in [0.3, 0.4) is 0 Å². The number of unbranched alkanes of at least 4 members (excludes halogenated alkanes) is 1. The maximum Gasteiger partial charge on any atom is 0.408 e. The number of nitrogens with one attached hydrogen (secondary N) is 4. The summed E-state index contributed by atoms with van der Waals surface area (Å²) in [4.78, 5) is 75.8. The van der Waals surface area contributed by atoms with Gasteiger partial charge in [-0.05, 0) is 99.5 Å². The molecule has 4 N–H and O–H groups in total. The maximum atomic E-state index is 14.1. The molecule has 0 saturated carbocycles. The van der Waals surface area contributed by atoms with Crippen LogP contribution in [0, 0.1) is 5.92 Å². The third-order valence-electron chi connectivity index (χ3n) is 9.83. The Morgan fingerprint density at radius 2 is 1.61 bits per heavy atom. The molecule has 5 aromatic rings. The van der Waals surface area contributed by atoms with E-state index in [1.54, 1.807) is 71.1 Å². The number of alkyl carbamates (subject to hydrolysis) is 1. The molecule has 0 spiro atoms. The Morgan fingerprint density at radius 3 is 2.34 bits per heavy atom. The van der Waals surface area contributed by atoms with Crippen LogP contribution >= 0.6 is 0 Å². The molecule has 59 heavy (non-hydrogen) atoms. The number of benzene rings is 2. The lowest BCUT2D eigenvalue weighted by molar-refractivity contribution is -0.130. The molecule has 0 aliphatic carbocycles. The summed E-state index contributed by atoms with van der Waals surface area (Å²) < 4.78 is 6.75. The average molecular weight is 802 g/mol. The number of rotatable bonds is 13. The number of urea groups is 1. The number of fused-ring (bicyclic) bond motifs is 2. The lowest BCUT2D eigenvalue weighted by Crippen LogP contribution is -2.55. The average Bonchev–Trinajstić information content (AvgIpc) is 3.64. The number of hydrogen-bond donors (Lipinski definition) is 4. The van der Waals surface area contributed by atoms with Gasteiger partial charge in [-0.3, -0.25) is 24.4 Å². The van der Waals surface area contributed by atoms with E-state index in [4.69, 9.17) is 9.84 Å². The van der Waals surface area contributed by atoms with Crippen LogP contribution in [0.2, 0.25) is 0 Å². The van der Waals surface area contributed by atoms with Gasteiger partial charge in [-0.1, -0.05) is 44.2 Å². The first-order chi connectivity index (χ1) is 28.2. The second-order valence-corrected chi connectivity index (χ2v) is 16.0. The normalized spacial score (nSPS) is 13.4. The molecule has 0 fully saturated rings. The molecule has 2 aromatic carbocycles. The van der Waals surface area contributed by atoms with Crippen molar-refractivity contribution >= 4 is 40.5 Å². The molecule has 3 aromatic heterocycles. The zero-order valence-electron chi connectivity index (χ0n) is 34.2. The summed E-state index contributed by atoms with van der Waals surface area (Å²) >= 11 is 0. The zero-order valence-corrected chi connectivity index (χ0v) is 34.2. The SMILES string of the molecule is CC(C)C(NC(=O)OC(C)(C)C)C(=O)N[C@@H](C)C(=O)NCCCCn1nc(-c2ccc(NC(=O)N3Cc4ccncc4C3)cc2)cc(-c2cccc3ncccc23)c1=O. The van der Waals surface area contributed by atoms with Crippen molar-refractivity contribution in [2.75, 3.05) is 11.9 Å². The molecular weight excluding hydrogens is 751 g/mol.